The zero-order valence-electron chi connectivity index (χ0n) is 17.7. The van der Waals surface area contributed by atoms with E-state index >= 15 is 0 Å². The molecule has 0 spiro atoms. The summed E-state index contributed by atoms with van der Waals surface area (Å²) in [6.07, 6.45) is 3.07. The lowest BCUT2D eigenvalue weighted by molar-refractivity contribution is 0.0848. The molecule has 166 valence electrons. The summed E-state index contributed by atoms with van der Waals surface area (Å²) < 4.78 is 28.1. The van der Waals surface area contributed by atoms with E-state index < -0.39 is 15.9 Å². The Hall–Kier alpha value is -3.17. The van der Waals surface area contributed by atoms with Crippen LogP contribution in [0.5, 0.6) is 0 Å². The molecule has 9 heteroatoms. The largest absolute Gasteiger partial charge is 0.280 e. The van der Waals surface area contributed by atoms with Gasteiger partial charge >= 0.3 is 0 Å². The number of thiophene rings is 1. The Morgan fingerprint density at radius 2 is 1.62 bits per heavy atom. The molecule has 3 N–H and O–H groups in total. The number of hydrogen-bond donors (Lipinski definition) is 3. The first-order valence-corrected chi connectivity index (χ1v) is 12.5. The van der Waals surface area contributed by atoms with Crippen molar-refractivity contribution in [3.63, 3.8) is 0 Å². The van der Waals surface area contributed by atoms with E-state index in [2.05, 4.69) is 15.6 Å². The minimum atomic E-state index is -3.89. The van der Waals surface area contributed by atoms with Crippen molar-refractivity contribution in [3.8, 4) is 0 Å². The molecular weight excluding hydrogens is 446 g/mol. The van der Waals surface area contributed by atoms with E-state index in [1.165, 1.54) is 33.9 Å². The van der Waals surface area contributed by atoms with E-state index in [1.54, 1.807) is 37.3 Å². The summed E-state index contributed by atoms with van der Waals surface area (Å²) in [7, 11) is -3.89. The highest BCUT2D eigenvalue weighted by molar-refractivity contribution is 7.92. The zero-order chi connectivity index (χ0) is 22.9. The van der Waals surface area contributed by atoms with Gasteiger partial charge in [-0.1, -0.05) is 23.8 Å². The summed E-state index contributed by atoms with van der Waals surface area (Å²) in [6.45, 7) is 3.61. The number of hydrogen-bond acceptors (Lipinski definition) is 5. The average molecular weight is 470 g/mol. The second-order valence-corrected chi connectivity index (χ2v) is 10.6. The van der Waals surface area contributed by atoms with Gasteiger partial charge in [-0.05, 0) is 74.6 Å². The Balaban J connectivity index is 1.46. The lowest BCUT2D eigenvalue weighted by Crippen LogP contribution is -2.41. The van der Waals surface area contributed by atoms with Crippen LogP contribution in [0.2, 0.25) is 0 Å². The summed E-state index contributed by atoms with van der Waals surface area (Å²) in [5, 5.41) is 0. The highest BCUT2D eigenvalue weighted by Gasteiger charge is 2.21. The molecule has 0 atom stereocenters. The smallest absolute Gasteiger partial charge is 0.279 e. The van der Waals surface area contributed by atoms with E-state index in [9.17, 15) is 18.0 Å². The Labute approximate surface area is 190 Å². The SMILES string of the molecule is Cc1ccc(NS(=O)(=O)c2ccc(C)c(C(=O)NNC(=O)c3cc4c(s3)CCC4)c2)cc1. The van der Waals surface area contributed by atoms with Crippen molar-refractivity contribution in [2.75, 3.05) is 4.72 Å². The van der Waals surface area contributed by atoms with E-state index in [4.69, 9.17) is 0 Å². The fourth-order valence-electron chi connectivity index (χ4n) is 3.53. The fourth-order valence-corrected chi connectivity index (χ4v) is 5.77. The number of sulfonamides is 1. The quantitative estimate of drug-likeness (QED) is 0.495. The molecule has 2 amide bonds. The summed E-state index contributed by atoms with van der Waals surface area (Å²) in [4.78, 5) is 26.8. The lowest BCUT2D eigenvalue weighted by atomic mass is 10.1. The Kier molecular flexibility index (Phi) is 6.03. The summed E-state index contributed by atoms with van der Waals surface area (Å²) in [5.41, 5.74) is 8.19. The monoisotopic (exact) mass is 469 g/mol. The number of benzene rings is 2. The Bertz CT molecular complexity index is 1270. The van der Waals surface area contributed by atoms with Crippen molar-refractivity contribution < 1.29 is 18.0 Å². The number of rotatable bonds is 5. The highest BCUT2D eigenvalue weighted by atomic mass is 32.2. The Morgan fingerprint density at radius 1 is 0.906 bits per heavy atom. The molecule has 0 aliphatic heterocycles. The second kappa shape index (κ2) is 8.76. The van der Waals surface area contributed by atoms with Crippen molar-refractivity contribution in [2.45, 2.75) is 38.0 Å². The van der Waals surface area contributed by atoms with Crippen molar-refractivity contribution in [1.29, 1.82) is 0 Å². The van der Waals surface area contributed by atoms with Gasteiger partial charge < -0.3 is 0 Å². The maximum absolute atomic E-state index is 12.8. The molecule has 2 aromatic carbocycles. The molecule has 1 aliphatic rings. The zero-order valence-corrected chi connectivity index (χ0v) is 19.3. The van der Waals surface area contributed by atoms with Crippen LogP contribution in [-0.4, -0.2) is 20.2 Å². The van der Waals surface area contributed by atoms with Gasteiger partial charge in [-0.2, -0.15) is 0 Å². The summed E-state index contributed by atoms with van der Waals surface area (Å²) in [6, 6.07) is 13.1. The van der Waals surface area contributed by atoms with Crippen molar-refractivity contribution in [2.24, 2.45) is 0 Å². The number of nitrogens with one attached hydrogen (secondary N) is 3. The molecule has 0 saturated heterocycles. The number of amides is 2. The van der Waals surface area contributed by atoms with E-state index in [-0.39, 0.29) is 16.4 Å². The molecule has 32 heavy (non-hydrogen) atoms. The van der Waals surface area contributed by atoms with E-state index in [0.29, 0.717) is 16.1 Å². The summed E-state index contributed by atoms with van der Waals surface area (Å²) in [5.74, 6) is -0.979. The first-order valence-electron chi connectivity index (χ1n) is 10.2. The maximum Gasteiger partial charge on any atom is 0.279 e. The van der Waals surface area contributed by atoms with Crippen LogP contribution in [-0.2, 0) is 22.9 Å². The third kappa shape index (κ3) is 4.68. The van der Waals surface area contributed by atoms with Gasteiger partial charge in [0.05, 0.1) is 9.77 Å². The molecule has 0 unspecified atom stereocenters. The highest BCUT2D eigenvalue weighted by Crippen LogP contribution is 2.30. The topological polar surface area (TPSA) is 104 Å². The van der Waals surface area contributed by atoms with Crippen LogP contribution in [0.25, 0.3) is 0 Å². The molecule has 0 radical (unpaired) electrons. The first-order chi connectivity index (χ1) is 15.2. The third-order valence-corrected chi connectivity index (χ3v) is 7.94. The Morgan fingerprint density at radius 3 is 2.34 bits per heavy atom. The third-order valence-electron chi connectivity index (χ3n) is 5.33. The predicted molar refractivity (Wildman–Crippen MR) is 124 cm³/mol. The van der Waals surface area contributed by atoms with Crippen LogP contribution >= 0.6 is 11.3 Å². The normalized spacial score (nSPS) is 12.8. The molecule has 1 aliphatic carbocycles. The molecule has 7 nitrogen and oxygen atoms in total. The molecule has 4 rings (SSSR count). The van der Waals surface area contributed by atoms with Crippen LogP contribution in [0.3, 0.4) is 0 Å². The number of aryl methyl sites for hydroxylation is 4. The predicted octanol–water partition coefficient (Wildman–Crippen LogP) is 3.73. The second-order valence-electron chi connectivity index (χ2n) is 7.77. The minimum Gasteiger partial charge on any atom is -0.280 e. The number of carbonyl (C=O) groups excluding carboxylic acids is 2. The lowest BCUT2D eigenvalue weighted by Gasteiger charge is -2.12. The van der Waals surface area contributed by atoms with Crippen molar-refractivity contribution in [1.82, 2.24) is 10.9 Å². The fraction of sp³-hybridized carbons (Fsp3) is 0.217. The summed E-state index contributed by atoms with van der Waals surface area (Å²) >= 11 is 1.44. The van der Waals surface area contributed by atoms with Gasteiger partial charge in [0.1, 0.15) is 0 Å². The van der Waals surface area contributed by atoms with Gasteiger partial charge in [0.15, 0.2) is 0 Å². The molecular formula is C23H23N3O4S2. The number of fused-ring (bicyclic) bond motifs is 1. The molecule has 1 aromatic heterocycles. The molecule has 0 bridgehead atoms. The molecule has 1 heterocycles. The number of anilines is 1. The number of hydrazine groups is 1. The molecule has 0 fully saturated rings. The standard InChI is InChI=1S/C23H23N3O4S2/c1-14-6-9-17(10-7-14)26-32(29,30)18-11-8-15(2)19(13-18)22(27)24-25-23(28)21-12-16-4-3-5-20(16)31-21/h6-13,26H,3-5H2,1-2H3,(H,24,27)(H,25,28). The van der Waals surface area contributed by atoms with Gasteiger partial charge in [-0.3, -0.25) is 25.2 Å². The molecule has 3 aromatic rings. The van der Waals surface area contributed by atoms with Crippen LogP contribution in [0.4, 0.5) is 5.69 Å². The van der Waals surface area contributed by atoms with Gasteiger partial charge in [-0.25, -0.2) is 8.42 Å². The molecule has 0 saturated carbocycles. The average Bonchev–Trinajstić information content (AvgIpc) is 3.36. The van der Waals surface area contributed by atoms with Crippen LogP contribution < -0.4 is 15.6 Å². The van der Waals surface area contributed by atoms with Crippen molar-refractivity contribution in [3.05, 3.63) is 80.5 Å². The van der Waals surface area contributed by atoms with Crippen LogP contribution in [0, 0.1) is 13.8 Å². The van der Waals surface area contributed by atoms with Crippen molar-refractivity contribution >= 4 is 38.9 Å². The number of carbonyl (C=O) groups is 2. The van der Waals surface area contributed by atoms with Gasteiger partial charge in [0, 0.05) is 16.1 Å². The van der Waals surface area contributed by atoms with Crippen LogP contribution in [0.1, 0.15) is 48.0 Å². The van der Waals surface area contributed by atoms with E-state index in [0.717, 1.165) is 24.8 Å². The maximum atomic E-state index is 12.8. The van der Waals surface area contributed by atoms with Crippen LogP contribution in [0.15, 0.2) is 53.4 Å². The van der Waals surface area contributed by atoms with Gasteiger partial charge in [0.2, 0.25) is 0 Å². The minimum absolute atomic E-state index is 0.0465. The van der Waals surface area contributed by atoms with E-state index in [1.807, 2.05) is 13.0 Å². The van der Waals surface area contributed by atoms with Gasteiger partial charge in [-0.15, -0.1) is 11.3 Å². The first kappa shape index (κ1) is 22.0. The van der Waals surface area contributed by atoms with Gasteiger partial charge in [0.25, 0.3) is 21.8 Å².